The van der Waals surface area contributed by atoms with Gasteiger partial charge in [0.15, 0.2) is 0 Å². The Kier molecular flexibility index (Phi) is 3.40. The van der Waals surface area contributed by atoms with Gasteiger partial charge >= 0.3 is 0 Å². The molecule has 5 heteroatoms. The second kappa shape index (κ2) is 4.81. The van der Waals surface area contributed by atoms with E-state index in [0.717, 1.165) is 24.9 Å². The second-order valence-corrected chi connectivity index (χ2v) is 4.69. The summed E-state index contributed by atoms with van der Waals surface area (Å²) in [6.07, 6.45) is 2.16. The van der Waals surface area contributed by atoms with Gasteiger partial charge in [0, 0.05) is 37.2 Å². The van der Waals surface area contributed by atoms with Crippen molar-refractivity contribution in [3.8, 4) is 0 Å². The number of aliphatic hydroxyl groups excluding tert-OH is 1. The Morgan fingerprint density at radius 3 is 2.47 bits per heavy atom. The Bertz CT molecular complexity index is 399. The van der Waals surface area contributed by atoms with Crippen molar-refractivity contribution in [2.45, 2.75) is 19.4 Å². The van der Waals surface area contributed by atoms with Crippen molar-refractivity contribution in [2.75, 3.05) is 13.2 Å². The Morgan fingerprint density at radius 2 is 2.00 bits per heavy atom. The first kappa shape index (κ1) is 12.0. The van der Waals surface area contributed by atoms with Gasteiger partial charge in [0.2, 0.25) is 0 Å². The zero-order valence-corrected chi connectivity index (χ0v) is 9.56. The fourth-order valence-corrected chi connectivity index (χ4v) is 1.78. The van der Waals surface area contributed by atoms with Gasteiger partial charge in [0.1, 0.15) is 0 Å². The maximum absolute atomic E-state index is 10.5. The van der Waals surface area contributed by atoms with Crippen molar-refractivity contribution >= 4 is 5.69 Å². The van der Waals surface area contributed by atoms with E-state index in [4.69, 9.17) is 5.11 Å². The standard InChI is InChI=1S/C12H16N2O3/c15-9-12(5-6-12)8-13-7-10-1-3-11(4-2-10)14(16)17/h1-4,13,15H,5-9H2. The number of nitrogens with one attached hydrogen (secondary N) is 1. The summed E-state index contributed by atoms with van der Waals surface area (Å²) in [7, 11) is 0. The van der Waals surface area contributed by atoms with Crippen LogP contribution < -0.4 is 5.32 Å². The Labute approximate surface area is 99.6 Å². The summed E-state index contributed by atoms with van der Waals surface area (Å²) < 4.78 is 0. The molecule has 0 atom stereocenters. The highest BCUT2D eigenvalue weighted by molar-refractivity contribution is 5.32. The van der Waals surface area contributed by atoms with Crippen LogP contribution in [0.15, 0.2) is 24.3 Å². The summed E-state index contributed by atoms with van der Waals surface area (Å²) in [5.74, 6) is 0. The first-order valence-corrected chi connectivity index (χ1v) is 5.70. The molecule has 1 saturated carbocycles. The maximum Gasteiger partial charge on any atom is 0.269 e. The van der Waals surface area contributed by atoms with Gasteiger partial charge in [-0.3, -0.25) is 10.1 Å². The second-order valence-electron chi connectivity index (χ2n) is 4.69. The minimum Gasteiger partial charge on any atom is -0.396 e. The van der Waals surface area contributed by atoms with Crippen molar-refractivity contribution in [3.05, 3.63) is 39.9 Å². The summed E-state index contributed by atoms with van der Waals surface area (Å²) >= 11 is 0. The molecule has 0 saturated heterocycles. The van der Waals surface area contributed by atoms with Gasteiger partial charge in [0.25, 0.3) is 5.69 Å². The van der Waals surface area contributed by atoms with Crippen molar-refractivity contribution in [1.82, 2.24) is 5.32 Å². The molecule has 17 heavy (non-hydrogen) atoms. The van der Waals surface area contributed by atoms with Crippen LogP contribution in [-0.2, 0) is 6.54 Å². The van der Waals surface area contributed by atoms with E-state index in [0.29, 0.717) is 6.54 Å². The lowest BCUT2D eigenvalue weighted by Gasteiger charge is -2.12. The Balaban J connectivity index is 1.81. The summed E-state index contributed by atoms with van der Waals surface area (Å²) in [5.41, 5.74) is 1.23. The molecule has 5 nitrogen and oxygen atoms in total. The lowest BCUT2D eigenvalue weighted by atomic mass is 10.1. The smallest absolute Gasteiger partial charge is 0.269 e. The number of nitro benzene ring substituents is 1. The van der Waals surface area contributed by atoms with E-state index in [9.17, 15) is 10.1 Å². The molecule has 1 aliphatic carbocycles. The van der Waals surface area contributed by atoms with Crippen LogP contribution in [-0.4, -0.2) is 23.2 Å². The minimum atomic E-state index is -0.401. The van der Waals surface area contributed by atoms with Crippen molar-refractivity contribution < 1.29 is 10.0 Å². The number of benzene rings is 1. The summed E-state index contributed by atoms with van der Waals surface area (Å²) in [6.45, 7) is 1.72. The van der Waals surface area contributed by atoms with Gasteiger partial charge in [-0.25, -0.2) is 0 Å². The molecular formula is C12H16N2O3. The Morgan fingerprint density at radius 1 is 1.35 bits per heavy atom. The molecule has 92 valence electrons. The Hall–Kier alpha value is -1.46. The predicted octanol–water partition coefficient (Wildman–Crippen LogP) is 1.46. The fourth-order valence-electron chi connectivity index (χ4n) is 1.78. The topological polar surface area (TPSA) is 75.4 Å². The molecule has 0 radical (unpaired) electrons. The van der Waals surface area contributed by atoms with Crippen LogP contribution in [0.1, 0.15) is 18.4 Å². The molecule has 1 aromatic rings. The number of nitro groups is 1. The van der Waals surface area contributed by atoms with Gasteiger partial charge in [-0.15, -0.1) is 0 Å². The normalized spacial score (nSPS) is 16.8. The van der Waals surface area contributed by atoms with Gasteiger partial charge in [-0.2, -0.15) is 0 Å². The molecular weight excluding hydrogens is 220 g/mol. The third kappa shape index (κ3) is 3.01. The predicted molar refractivity (Wildman–Crippen MR) is 63.6 cm³/mol. The van der Waals surface area contributed by atoms with Crippen molar-refractivity contribution in [1.29, 1.82) is 0 Å². The van der Waals surface area contributed by atoms with Crippen molar-refractivity contribution in [2.24, 2.45) is 5.41 Å². The summed E-state index contributed by atoms with van der Waals surface area (Å²) in [5, 5.41) is 22.9. The quantitative estimate of drug-likeness (QED) is 0.579. The molecule has 0 aromatic heterocycles. The zero-order valence-electron chi connectivity index (χ0n) is 9.56. The molecule has 2 rings (SSSR count). The van der Waals surface area contributed by atoms with Crippen LogP contribution in [0, 0.1) is 15.5 Å². The molecule has 0 spiro atoms. The maximum atomic E-state index is 10.5. The highest BCUT2D eigenvalue weighted by atomic mass is 16.6. The van der Waals surface area contributed by atoms with Crippen LogP contribution >= 0.6 is 0 Å². The third-order valence-electron chi connectivity index (χ3n) is 3.27. The number of rotatable bonds is 6. The van der Waals surface area contributed by atoms with Gasteiger partial charge < -0.3 is 10.4 Å². The fraction of sp³-hybridized carbons (Fsp3) is 0.500. The van der Waals surface area contributed by atoms with Gasteiger partial charge in [-0.1, -0.05) is 12.1 Å². The van der Waals surface area contributed by atoms with E-state index in [1.807, 2.05) is 0 Å². The van der Waals surface area contributed by atoms with Crippen LogP contribution in [0.5, 0.6) is 0 Å². The average molecular weight is 236 g/mol. The van der Waals surface area contributed by atoms with Crippen LogP contribution in [0.4, 0.5) is 5.69 Å². The van der Waals surface area contributed by atoms with E-state index >= 15 is 0 Å². The molecule has 0 aliphatic heterocycles. The van der Waals surface area contributed by atoms with Crippen LogP contribution in [0.25, 0.3) is 0 Å². The molecule has 1 aromatic carbocycles. The SMILES string of the molecule is O=[N+]([O-])c1ccc(CNCC2(CO)CC2)cc1. The number of nitrogens with zero attached hydrogens (tertiary/aromatic N) is 1. The number of non-ortho nitro benzene ring substituents is 1. The summed E-state index contributed by atoms with van der Waals surface area (Å²) in [6, 6.07) is 6.53. The number of aliphatic hydroxyl groups is 1. The minimum absolute atomic E-state index is 0.0980. The average Bonchev–Trinajstić information content (AvgIpc) is 3.10. The highest BCUT2D eigenvalue weighted by Crippen LogP contribution is 2.44. The number of hydrogen-bond donors (Lipinski definition) is 2. The number of hydrogen-bond acceptors (Lipinski definition) is 4. The van der Waals surface area contributed by atoms with E-state index in [-0.39, 0.29) is 17.7 Å². The zero-order chi connectivity index (χ0) is 12.3. The van der Waals surface area contributed by atoms with Crippen LogP contribution in [0.3, 0.4) is 0 Å². The van der Waals surface area contributed by atoms with E-state index in [2.05, 4.69) is 5.32 Å². The molecule has 0 heterocycles. The first-order chi connectivity index (χ1) is 8.15. The molecule has 0 bridgehead atoms. The van der Waals surface area contributed by atoms with E-state index in [1.54, 1.807) is 12.1 Å². The van der Waals surface area contributed by atoms with Crippen LogP contribution in [0.2, 0.25) is 0 Å². The van der Waals surface area contributed by atoms with Crippen molar-refractivity contribution in [3.63, 3.8) is 0 Å². The molecule has 1 aliphatic rings. The summed E-state index contributed by atoms with van der Waals surface area (Å²) in [4.78, 5) is 10.1. The highest BCUT2D eigenvalue weighted by Gasteiger charge is 2.41. The molecule has 2 N–H and O–H groups in total. The monoisotopic (exact) mass is 236 g/mol. The molecule has 0 amide bonds. The lowest BCUT2D eigenvalue weighted by molar-refractivity contribution is -0.384. The third-order valence-corrected chi connectivity index (χ3v) is 3.27. The largest absolute Gasteiger partial charge is 0.396 e. The van der Waals surface area contributed by atoms with E-state index < -0.39 is 4.92 Å². The molecule has 0 unspecified atom stereocenters. The lowest BCUT2D eigenvalue weighted by Crippen LogP contribution is -2.26. The van der Waals surface area contributed by atoms with Gasteiger partial charge in [0.05, 0.1) is 4.92 Å². The van der Waals surface area contributed by atoms with Gasteiger partial charge in [-0.05, 0) is 18.4 Å². The molecule has 1 fully saturated rings. The first-order valence-electron chi connectivity index (χ1n) is 5.70. The van der Waals surface area contributed by atoms with E-state index in [1.165, 1.54) is 12.1 Å².